The minimum Gasteiger partial charge on any atom is -0.357 e. The van der Waals surface area contributed by atoms with E-state index >= 15 is 0 Å². The van der Waals surface area contributed by atoms with Crippen molar-refractivity contribution >= 4 is 22.4 Å². The van der Waals surface area contributed by atoms with Crippen LogP contribution in [-0.2, 0) is 20.0 Å². The van der Waals surface area contributed by atoms with E-state index in [9.17, 15) is 0 Å². The molecule has 8 heteroatoms. The standard InChI is InChI=1S/C18H29N7S/c1-5-19-17(20-10-16-13-26-18(22-16)23(2)3)25-7-6-14(12-25)8-15-9-21-24(4)11-15/h9,11,13-14H,5-8,10,12H2,1-4H3,(H,19,20). The Hall–Kier alpha value is -2.09. The van der Waals surface area contributed by atoms with Gasteiger partial charge in [0, 0.05) is 52.4 Å². The number of guanidine groups is 1. The maximum atomic E-state index is 4.82. The van der Waals surface area contributed by atoms with Gasteiger partial charge in [-0.15, -0.1) is 11.3 Å². The van der Waals surface area contributed by atoms with Crippen LogP contribution in [-0.4, -0.2) is 59.4 Å². The van der Waals surface area contributed by atoms with Crippen LogP contribution in [0.4, 0.5) is 5.13 Å². The van der Waals surface area contributed by atoms with Crippen molar-refractivity contribution in [3.05, 3.63) is 29.0 Å². The molecule has 7 nitrogen and oxygen atoms in total. The predicted molar refractivity (Wildman–Crippen MR) is 108 cm³/mol. The number of hydrogen-bond acceptors (Lipinski definition) is 5. The Morgan fingerprint density at radius 2 is 2.31 bits per heavy atom. The van der Waals surface area contributed by atoms with Crippen LogP contribution >= 0.6 is 11.3 Å². The molecule has 0 spiro atoms. The van der Waals surface area contributed by atoms with Gasteiger partial charge in [-0.2, -0.15) is 5.10 Å². The summed E-state index contributed by atoms with van der Waals surface area (Å²) in [6.45, 7) is 5.71. The average molecular weight is 376 g/mol. The molecule has 0 amide bonds. The summed E-state index contributed by atoms with van der Waals surface area (Å²) in [5.74, 6) is 1.66. The van der Waals surface area contributed by atoms with Gasteiger partial charge in [0.15, 0.2) is 11.1 Å². The van der Waals surface area contributed by atoms with E-state index in [2.05, 4.69) is 38.8 Å². The van der Waals surface area contributed by atoms with E-state index < -0.39 is 0 Å². The number of thiazole rings is 1. The molecular formula is C18H29N7S. The van der Waals surface area contributed by atoms with Crippen LogP contribution in [0.2, 0.25) is 0 Å². The van der Waals surface area contributed by atoms with E-state index in [1.807, 2.05) is 36.9 Å². The first-order chi connectivity index (χ1) is 12.5. The monoisotopic (exact) mass is 375 g/mol. The zero-order valence-electron chi connectivity index (χ0n) is 16.1. The summed E-state index contributed by atoms with van der Waals surface area (Å²) >= 11 is 1.66. The number of nitrogens with one attached hydrogen (secondary N) is 1. The average Bonchev–Trinajstić information content (AvgIpc) is 3.33. The minimum atomic E-state index is 0.621. The van der Waals surface area contributed by atoms with Crippen LogP contribution < -0.4 is 10.2 Å². The lowest BCUT2D eigenvalue weighted by molar-refractivity contribution is 0.459. The maximum Gasteiger partial charge on any atom is 0.194 e. The van der Waals surface area contributed by atoms with E-state index in [0.29, 0.717) is 12.5 Å². The Bertz CT molecular complexity index is 733. The molecule has 2 aromatic heterocycles. The van der Waals surface area contributed by atoms with Gasteiger partial charge < -0.3 is 15.1 Å². The number of anilines is 1. The SMILES string of the molecule is CCNC(=NCc1csc(N(C)C)n1)N1CCC(Cc2cnn(C)c2)C1. The molecule has 1 atom stereocenters. The zero-order chi connectivity index (χ0) is 18.5. The van der Waals surface area contributed by atoms with E-state index in [4.69, 9.17) is 4.99 Å². The van der Waals surface area contributed by atoms with Gasteiger partial charge in [0.2, 0.25) is 0 Å². The molecule has 26 heavy (non-hydrogen) atoms. The molecule has 1 unspecified atom stereocenters. The number of aliphatic imine (C=N–C) groups is 1. The maximum absolute atomic E-state index is 4.82. The first-order valence-electron chi connectivity index (χ1n) is 9.17. The molecule has 142 valence electrons. The topological polar surface area (TPSA) is 61.6 Å². The third-order valence-corrected chi connectivity index (χ3v) is 5.57. The zero-order valence-corrected chi connectivity index (χ0v) is 17.0. The molecule has 3 heterocycles. The fourth-order valence-electron chi connectivity index (χ4n) is 3.26. The normalized spacial score (nSPS) is 17.8. The summed E-state index contributed by atoms with van der Waals surface area (Å²) in [6, 6.07) is 0. The van der Waals surface area contributed by atoms with E-state index in [1.165, 1.54) is 12.0 Å². The van der Waals surface area contributed by atoms with Crippen molar-refractivity contribution in [1.82, 2.24) is 25.0 Å². The number of rotatable bonds is 6. The summed E-state index contributed by atoms with van der Waals surface area (Å²) in [7, 11) is 6.01. The summed E-state index contributed by atoms with van der Waals surface area (Å²) in [5.41, 5.74) is 2.35. The lowest BCUT2D eigenvalue weighted by atomic mass is 10.0. The smallest absolute Gasteiger partial charge is 0.194 e. The molecule has 1 aliphatic rings. The molecule has 2 aromatic rings. The molecule has 1 N–H and O–H groups in total. The van der Waals surface area contributed by atoms with Crippen LogP contribution in [0.25, 0.3) is 0 Å². The largest absolute Gasteiger partial charge is 0.357 e. The predicted octanol–water partition coefficient (Wildman–Crippen LogP) is 1.97. The Morgan fingerprint density at radius 3 is 2.96 bits per heavy atom. The van der Waals surface area contributed by atoms with Crippen molar-refractivity contribution in [2.75, 3.05) is 38.6 Å². The molecule has 0 aliphatic carbocycles. The number of likely N-dealkylation sites (tertiary alicyclic amines) is 1. The second-order valence-electron chi connectivity index (χ2n) is 7.01. The van der Waals surface area contributed by atoms with Crippen molar-refractivity contribution in [1.29, 1.82) is 0 Å². The molecule has 1 aliphatic heterocycles. The summed E-state index contributed by atoms with van der Waals surface area (Å²) in [5, 5.41) is 10.8. The molecule has 0 radical (unpaired) electrons. The number of nitrogens with zero attached hydrogens (tertiary/aromatic N) is 6. The van der Waals surface area contributed by atoms with Gasteiger partial charge in [-0.3, -0.25) is 4.68 Å². The number of hydrogen-bond donors (Lipinski definition) is 1. The summed E-state index contributed by atoms with van der Waals surface area (Å²) in [6.07, 6.45) is 6.38. The van der Waals surface area contributed by atoms with Gasteiger partial charge in [0.1, 0.15) is 0 Å². The van der Waals surface area contributed by atoms with Crippen LogP contribution in [0.3, 0.4) is 0 Å². The van der Waals surface area contributed by atoms with Gasteiger partial charge in [-0.05, 0) is 31.2 Å². The highest BCUT2D eigenvalue weighted by atomic mass is 32.1. The van der Waals surface area contributed by atoms with Crippen molar-refractivity contribution in [3.8, 4) is 0 Å². The molecule has 1 saturated heterocycles. The Morgan fingerprint density at radius 1 is 1.46 bits per heavy atom. The second kappa shape index (κ2) is 8.53. The highest BCUT2D eigenvalue weighted by Crippen LogP contribution is 2.22. The van der Waals surface area contributed by atoms with Crippen LogP contribution in [0.15, 0.2) is 22.8 Å². The van der Waals surface area contributed by atoms with Crippen molar-refractivity contribution in [3.63, 3.8) is 0 Å². The summed E-state index contributed by atoms with van der Waals surface area (Å²) in [4.78, 5) is 13.9. The van der Waals surface area contributed by atoms with Crippen LogP contribution in [0, 0.1) is 5.92 Å². The van der Waals surface area contributed by atoms with Gasteiger partial charge in [0.05, 0.1) is 18.4 Å². The molecule has 3 rings (SSSR count). The molecule has 1 fully saturated rings. The van der Waals surface area contributed by atoms with Crippen molar-refractivity contribution in [2.45, 2.75) is 26.3 Å². The summed E-state index contributed by atoms with van der Waals surface area (Å²) < 4.78 is 1.88. The van der Waals surface area contributed by atoms with Gasteiger partial charge >= 0.3 is 0 Å². The van der Waals surface area contributed by atoms with Gasteiger partial charge in [-0.1, -0.05) is 0 Å². The third-order valence-electron chi connectivity index (χ3n) is 4.52. The second-order valence-corrected chi connectivity index (χ2v) is 7.85. The van der Waals surface area contributed by atoms with Crippen LogP contribution in [0.1, 0.15) is 24.6 Å². The van der Waals surface area contributed by atoms with Crippen LogP contribution in [0.5, 0.6) is 0 Å². The first kappa shape index (κ1) is 18.7. The molecule has 0 bridgehead atoms. The molecular weight excluding hydrogens is 346 g/mol. The number of aromatic nitrogens is 3. The quantitative estimate of drug-likeness (QED) is 0.618. The molecule has 0 saturated carbocycles. The Labute approximate surface area is 159 Å². The van der Waals surface area contributed by atoms with Gasteiger partial charge in [-0.25, -0.2) is 9.98 Å². The Kier molecular flexibility index (Phi) is 6.13. The van der Waals surface area contributed by atoms with Crippen molar-refractivity contribution < 1.29 is 0 Å². The molecule has 0 aromatic carbocycles. The lowest BCUT2D eigenvalue weighted by Crippen LogP contribution is -2.40. The third kappa shape index (κ3) is 4.75. The highest BCUT2D eigenvalue weighted by molar-refractivity contribution is 7.13. The number of aryl methyl sites for hydroxylation is 1. The van der Waals surface area contributed by atoms with E-state index in [0.717, 1.165) is 42.8 Å². The fraction of sp³-hybridized carbons (Fsp3) is 0.611. The van der Waals surface area contributed by atoms with Crippen molar-refractivity contribution in [2.24, 2.45) is 18.0 Å². The van der Waals surface area contributed by atoms with Gasteiger partial charge in [0.25, 0.3) is 0 Å². The fourth-order valence-corrected chi connectivity index (χ4v) is 4.01. The Balaban J connectivity index is 1.60. The minimum absolute atomic E-state index is 0.621. The lowest BCUT2D eigenvalue weighted by Gasteiger charge is -2.21. The first-order valence-corrected chi connectivity index (χ1v) is 10.1. The highest BCUT2D eigenvalue weighted by Gasteiger charge is 2.25. The van der Waals surface area contributed by atoms with E-state index in [1.54, 1.807) is 11.3 Å². The van der Waals surface area contributed by atoms with E-state index in [-0.39, 0.29) is 0 Å².